The van der Waals surface area contributed by atoms with Crippen LogP contribution in [-0.2, 0) is 4.79 Å². The maximum Gasteiger partial charge on any atom is 0.253 e. The van der Waals surface area contributed by atoms with Crippen molar-refractivity contribution < 1.29 is 4.79 Å². The number of hydrogen-bond acceptors (Lipinski definition) is 3. The Bertz CT molecular complexity index is 177. The zero-order valence-corrected chi connectivity index (χ0v) is 4.85. The number of nitriles is 1. The average Bonchev–Trinajstić information content (AvgIpc) is 2.50. The molecule has 1 saturated carbocycles. The highest BCUT2D eigenvalue weighted by Crippen LogP contribution is 2.31. The molecule has 0 atom stereocenters. The molecule has 3 N–H and O–H groups in total. The third kappa shape index (κ3) is 1.00. The van der Waals surface area contributed by atoms with Gasteiger partial charge in [0.25, 0.3) is 5.91 Å². The molecule has 1 rings (SSSR count). The third-order valence-corrected chi connectivity index (χ3v) is 1.41. The number of hydrogen-bond donors (Lipinski definition) is 2. The maximum atomic E-state index is 10.7. The van der Waals surface area contributed by atoms with Gasteiger partial charge in [0.1, 0.15) is 0 Å². The summed E-state index contributed by atoms with van der Waals surface area (Å²) in [4.78, 5) is 10.7. The molecule has 1 amide bonds. The number of carbonyl (C=O) groups excluding carboxylic acids is 1. The molecule has 9 heavy (non-hydrogen) atoms. The summed E-state index contributed by atoms with van der Waals surface area (Å²) in [6.45, 7) is 0. The summed E-state index contributed by atoms with van der Waals surface area (Å²) in [5.41, 5.74) is 4.70. The van der Waals surface area contributed by atoms with Crippen LogP contribution < -0.4 is 11.1 Å². The minimum Gasteiger partial charge on any atom is -0.317 e. The molecular formula is C5H7N3O. The average molecular weight is 125 g/mol. The second-order valence-corrected chi connectivity index (χ2v) is 2.22. The Kier molecular flexibility index (Phi) is 1.15. The molecule has 1 aliphatic rings. The summed E-state index contributed by atoms with van der Waals surface area (Å²) in [6, 6.07) is 0. The molecule has 0 aliphatic heterocycles. The number of rotatable bonds is 1. The van der Waals surface area contributed by atoms with Crippen LogP contribution in [0.3, 0.4) is 0 Å². The Morgan fingerprint density at radius 3 is 2.67 bits per heavy atom. The highest BCUT2D eigenvalue weighted by molar-refractivity contribution is 5.89. The van der Waals surface area contributed by atoms with Crippen LogP contribution in [0.5, 0.6) is 0 Å². The quantitative estimate of drug-likeness (QED) is 0.351. The van der Waals surface area contributed by atoms with Crippen molar-refractivity contribution in [1.29, 1.82) is 5.26 Å². The number of nitrogens with zero attached hydrogens (tertiary/aromatic N) is 1. The fourth-order valence-corrected chi connectivity index (χ4v) is 0.537. The van der Waals surface area contributed by atoms with E-state index in [2.05, 4.69) is 0 Å². The fourth-order valence-electron chi connectivity index (χ4n) is 0.537. The first-order valence-corrected chi connectivity index (χ1v) is 2.67. The molecule has 4 heteroatoms. The largest absolute Gasteiger partial charge is 0.317 e. The summed E-state index contributed by atoms with van der Waals surface area (Å²) in [7, 11) is 0. The molecule has 1 aliphatic carbocycles. The molecule has 0 aromatic carbocycles. The molecule has 0 aromatic rings. The molecule has 1 fully saturated rings. The van der Waals surface area contributed by atoms with Crippen LogP contribution in [0.25, 0.3) is 0 Å². The van der Waals surface area contributed by atoms with Gasteiger partial charge >= 0.3 is 0 Å². The second kappa shape index (κ2) is 1.71. The molecule has 4 nitrogen and oxygen atoms in total. The Morgan fingerprint density at radius 2 is 2.33 bits per heavy atom. The van der Waals surface area contributed by atoms with Gasteiger partial charge in [0.2, 0.25) is 0 Å². The van der Waals surface area contributed by atoms with E-state index in [0.717, 1.165) is 0 Å². The van der Waals surface area contributed by atoms with E-state index in [-0.39, 0.29) is 5.91 Å². The van der Waals surface area contributed by atoms with Crippen LogP contribution in [0.4, 0.5) is 0 Å². The highest BCUT2D eigenvalue weighted by atomic mass is 16.2. The van der Waals surface area contributed by atoms with Crippen molar-refractivity contribution >= 4 is 5.91 Å². The van der Waals surface area contributed by atoms with Gasteiger partial charge in [0, 0.05) is 0 Å². The zero-order valence-electron chi connectivity index (χ0n) is 4.85. The molecule has 0 aromatic heterocycles. The van der Waals surface area contributed by atoms with Crippen molar-refractivity contribution in [3.63, 3.8) is 0 Å². The molecule has 0 unspecified atom stereocenters. The first-order chi connectivity index (χ1) is 4.19. The lowest BCUT2D eigenvalue weighted by Crippen LogP contribution is -2.40. The van der Waals surface area contributed by atoms with Crippen LogP contribution in [0.15, 0.2) is 0 Å². The summed E-state index contributed by atoms with van der Waals surface area (Å²) in [5, 5.41) is 9.98. The number of nitrogens with one attached hydrogen (secondary N) is 1. The van der Waals surface area contributed by atoms with E-state index in [1.165, 1.54) is 6.19 Å². The molecule has 48 valence electrons. The predicted octanol–water partition coefficient (Wildman–Crippen LogP) is -0.925. The molecule has 0 bridgehead atoms. The van der Waals surface area contributed by atoms with E-state index in [1.54, 1.807) is 0 Å². The Balaban J connectivity index is 2.45. The summed E-state index contributed by atoms with van der Waals surface area (Å²) in [5.74, 6) is -0.356. The highest BCUT2D eigenvalue weighted by Gasteiger charge is 2.45. The number of amides is 1. The Hall–Kier alpha value is -1.08. The van der Waals surface area contributed by atoms with Crippen molar-refractivity contribution in [3.05, 3.63) is 0 Å². The minimum atomic E-state index is -0.713. The van der Waals surface area contributed by atoms with Gasteiger partial charge in [-0.1, -0.05) is 0 Å². The summed E-state index contributed by atoms with van der Waals surface area (Å²) >= 11 is 0. The van der Waals surface area contributed by atoms with Crippen molar-refractivity contribution in [2.75, 3.05) is 0 Å². The van der Waals surface area contributed by atoms with E-state index in [9.17, 15) is 4.79 Å². The van der Waals surface area contributed by atoms with E-state index in [4.69, 9.17) is 11.0 Å². The fraction of sp³-hybridized carbons (Fsp3) is 0.600. The van der Waals surface area contributed by atoms with Crippen LogP contribution in [0.2, 0.25) is 0 Å². The lowest BCUT2D eigenvalue weighted by Gasteiger charge is -2.01. The van der Waals surface area contributed by atoms with Crippen LogP contribution in [0.1, 0.15) is 12.8 Å². The monoisotopic (exact) mass is 125 g/mol. The third-order valence-electron chi connectivity index (χ3n) is 1.41. The molecule has 0 radical (unpaired) electrons. The summed E-state index contributed by atoms with van der Waals surface area (Å²) in [6.07, 6.45) is 2.92. The van der Waals surface area contributed by atoms with E-state index < -0.39 is 5.54 Å². The zero-order chi connectivity index (χ0) is 6.91. The van der Waals surface area contributed by atoms with Crippen molar-refractivity contribution in [1.82, 2.24) is 5.32 Å². The van der Waals surface area contributed by atoms with E-state index in [1.807, 2.05) is 5.32 Å². The predicted molar refractivity (Wildman–Crippen MR) is 29.9 cm³/mol. The van der Waals surface area contributed by atoms with Gasteiger partial charge in [0.15, 0.2) is 6.19 Å². The van der Waals surface area contributed by atoms with Gasteiger partial charge in [-0.05, 0) is 12.8 Å². The van der Waals surface area contributed by atoms with Crippen molar-refractivity contribution in [3.8, 4) is 6.19 Å². The minimum absolute atomic E-state index is 0.356. The molecule has 0 heterocycles. The smallest absolute Gasteiger partial charge is 0.253 e. The van der Waals surface area contributed by atoms with Gasteiger partial charge in [-0.2, -0.15) is 5.26 Å². The summed E-state index contributed by atoms with van der Waals surface area (Å²) < 4.78 is 0. The van der Waals surface area contributed by atoms with Crippen molar-refractivity contribution in [2.24, 2.45) is 5.73 Å². The SMILES string of the molecule is N#CNC(=O)C1(N)CC1. The van der Waals surface area contributed by atoms with Gasteiger partial charge in [0.05, 0.1) is 5.54 Å². The second-order valence-electron chi connectivity index (χ2n) is 2.22. The van der Waals surface area contributed by atoms with Gasteiger partial charge in [-0.25, -0.2) is 0 Å². The molecular weight excluding hydrogens is 118 g/mol. The molecule has 0 saturated heterocycles. The maximum absolute atomic E-state index is 10.7. The van der Waals surface area contributed by atoms with Crippen molar-refractivity contribution in [2.45, 2.75) is 18.4 Å². The lowest BCUT2D eigenvalue weighted by molar-refractivity contribution is -0.122. The number of nitrogens with two attached hydrogens (primary N) is 1. The molecule has 0 spiro atoms. The topological polar surface area (TPSA) is 78.9 Å². The van der Waals surface area contributed by atoms with E-state index >= 15 is 0 Å². The van der Waals surface area contributed by atoms with Gasteiger partial charge < -0.3 is 5.73 Å². The van der Waals surface area contributed by atoms with Crippen LogP contribution in [0, 0.1) is 11.5 Å². The van der Waals surface area contributed by atoms with Gasteiger partial charge in [-0.3, -0.25) is 10.1 Å². The Morgan fingerprint density at radius 1 is 1.78 bits per heavy atom. The van der Waals surface area contributed by atoms with Crippen LogP contribution >= 0.6 is 0 Å². The van der Waals surface area contributed by atoms with Crippen LogP contribution in [-0.4, -0.2) is 11.4 Å². The standard InChI is InChI=1S/C5H7N3O/c6-3-8-4(9)5(7)1-2-5/h1-2,7H2,(H,8,9). The number of carbonyl (C=O) groups is 1. The normalized spacial score (nSPS) is 20.0. The van der Waals surface area contributed by atoms with Gasteiger partial charge in [-0.15, -0.1) is 0 Å². The first kappa shape index (κ1) is 6.05. The lowest BCUT2D eigenvalue weighted by atomic mass is 10.3. The first-order valence-electron chi connectivity index (χ1n) is 2.67. The Labute approximate surface area is 52.6 Å². The van der Waals surface area contributed by atoms with E-state index in [0.29, 0.717) is 12.8 Å².